The Balaban J connectivity index is 2.68. The minimum absolute atomic E-state index is 0.00448. The third-order valence-corrected chi connectivity index (χ3v) is 2.87. The van der Waals surface area contributed by atoms with E-state index >= 15 is 0 Å². The van der Waals surface area contributed by atoms with Crippen molar-refractivity contribution in [1.82, 2.24) is 4.90 Å². The van der Waals surface area contributed by atoms with Crippen LogP contribution in [0.15, 0.2) is 24.3 Å². The van der Waals surface area contributed by atoms with Crippen molar-refractivity contribution >= 4 is 17.6 Å². The Morgan fingerprint density at radius 1 is 1.45 bits per heavy atom. The number of benzene rings is 1. The number of hydrogen-bond acceptors (Lipinski definition) is 4. The maximum Gasteiger partial charge on any atom is 0.308 e. The van der Waals surface area contributed by atoms with Gasteiger partial charge in [-0.1, -0.05) is 19.1 Å². The van der Waals surface area contributed by atoms with Gasteiger partial charge in [0.05, 0.1) is 17.3 Å². The van der Waals surface area contributed by atoms with Gasteiger partial charge in [0.1, 0.15) is 0 Å². The van der Waals surface area contributed by atoms with Crippen molar-refractivity contribution in [2.75, 3.05) is 13.6 Å². The molecular formula is C13H16N2O5. The quantitative estimate of drug-likeness (QED) is 0.625. The number of carboxylic acids is 1. The molecule has 0 aliphatic rings. The summed E-state index contributed by atoms with van der Waals surface area (Å²) >= 11 is 0. The maximum absolute atomic E-state index is 11.9. The van der Waals surface area contributed by atoms with Crippen LogP contribution in [0.5, 0.6) is 0 Å². The van der Waals surface area contributed by atoms with E-state index in [1.165, 1.54) is 37.1 Å². The van der Waals surface area contributed by atoms with Gasteiger partial charge in [0.25, 0.3) is 5.69 Å². The largest absolute Gasteiger partial charge is 0.481 e. The van der Waals surface area contributed by atoms with Gasteiger partial charge in [0, 0.05) is 25.7 Å². The molecule has 1 amide bonds. The average molecular weight is 280 g/mol. The lowest BCUT2D eigenvalue weighted by molar-refractivity contribution is -0.384. The predicted octanol–water partition coefficient (Wildman–Crippen LogP) is 1.32. The van der Waals surface area contributed by atoms with E-state index in [0.29, 0.717) is 5.56 Å². The van der Waals surface area contributed by atoms with Crippen LogP contribution < -0.4 is 0 Å². The van der Waals surface area contributed by atoms with Gasteiger partial charge in [0.15, 0.2) is 0 Å². The highest BCUT2D eigenvalue weighted by atomic mass is 16.6. The van der Waals surface area contributed by atoms with E-state index in [-0.39, 0.29) is 24.6 Å². The third kappa shape index (κ3) is 4.34. The Morgan fingerprint density at radius 3 is 2.65 bits per heavy atom. The van der Waals surface area contributed by atoms with Crippen LogP contribution in [0.4, 0.5) is 5.69 Å². The van der Waals surface area contributed by atoms with E-state index in [1.54, 1.807) is 6.07 Å². The third-order valence-electron chi connectivity index (χ3n) is 2.87. The van der Waals surface area contributed by atoms with E-state index in [4.69, 9.17) is 5.11 Å². The number of hydrogen-bond donors (Lipinski definition) is 1. The summed E-state index contributed by atoms with van der Waals surface area (Å²) in [6.07, 6.45) is 0.00448. The molecule has 0 aliphatic heterocycles. The van der Waals surface area contributed by atoms with Crippen molar-refractivity contribution in [3.8, 4) is 0 Å². The van der Waals surface area contributed by atoms with Gasteiger partial charge in [-0.05, 0) is 5.56 Å². The molecule has 0 fully saturated rings. The second kappa shape index (κ2) is 6.65. The van der Waals surface area contributed by atoms with Gasteiger partial charge < -0.3 is 10.0 Å². The van der Waals surface area contributed by atoms with Crippen molar-refractivity contribution in [3.05, 3.63) is 39.9 Å². The van der Waals surface area contributed by atoms with E-state index in [2.05, 4.69) is 0 Å². The first-order valence-electron chi connectivity index (χ1n) is 6.01. The lowest BCUT2D eigenvalue weighted by Gasteiger charge is -2.19. The summed E-state index contributed by atoms with van der Waals surface area (Å²) in [5.41, 5.74) is 0.455. The summed E-state index contributed by atoms with van der Waals surface area (Å²) in [7, 11) is 1.51. The molecule has 1 atom stereocenters. The number of nitro benzene ring substituents is 1. The van der Waals surface area contributed by atoms with E-state index in [9.17, 15) is 19.7 Å². The highest BCUT2D eigenvalue weighted by Gasteiger charge is 2.18. The topological polar surface area (TPSA) is 101 Å². The number of aliphatic carboxylic acids is 1. The summed E-state index contributed by atoms with van der Waals surface area (Å²) in [5, 5.41) is 19.4. The molecule has 0 saturated carbocycles. The number of rotatable bonds is 6. The predicted molar refractivity (Wildman–Crippen MR) is 71.2 cm³/mol. The number of amides is 1. The molecule has 0 heterocycles. The fraction of sp³-hybridized carbons (Fsp3) is 0.385. The summed E-state index contributed by atoms with van der Waals surface area (Å²) < 4.78 is 0. The Hall–Kier alpha value is -2.44. The number of carbonyl (C=O) groups excluding carboxylic acids is 1. The van der Waals surface area contributed by atoms with Gasteiger partial charge in [0.2, 0.25) is 5.91 Å². The van der Waals surface area contributed by atoms with Gasteiger partial charge in [-0.2, -0.15) is 0 Å². The highest BCUT2D eigenvalue weighted by Crippen LogP contribution is 2.14. The molecule has 1 rings (SSSR count). The van der Waals surface area contributed by atoms with Crippen LogP contribution in [0.2, 0.25) is 0 Å². The van der Waals surface area contributed by atoms with E-state index < -0.39 is 16.8 Å². The molecule has 1 aromatic rings. The van der Waals surface area contributed by atoms with Gasteiger partial charge in [-0.25, -0.2) is 0 Å². The zero-order chi connectivity index (χ0) is 15.3. The van der Waals surface area contributed by atoms with Crippen LogP contribution in [-0.2, 0) is 16.0 Å². The van der Waals surface area contributed by atoms with Crippen molar-refractivity contribution in [2.24, 2.45) is 5.92 Å². The number of nitro groups is 1. The number of non-ortho nitro benzene ring substituents is 1. The standard InChI is InChI=1S/C13H16N2O5/c1-9(13(17)18)8-14(2)12(16)7-10-4-3-5-11(6-10)15(19)20/h3-6,9H,7-8H2,1-2H3,(H,17,18). The Morgan fingerprint density at radius 2 is 2.10 bits per heavy atom. The highest BCUT2D eigenvalue weighted by molar-refractivity contribution is 5.79. The molecule has 1 aromatic carbocycles. The molecule has 0 saturated heterocycles. The van der Waals surface area contributed by atoms with Gasteiger partial charge >= 0.3 is 5.97 Å². The van der Waals surface area contributed by atoms with Gasteiger partial charge in [-0.15, -0.1) is 0 Å². The summed E-state index contributed by atoms with van der Waals surface area (Å²) in [6, 6.07) is 5.83. The molecule has 0 aliphatic carbocycles. The molecule has 7 nitrogen and oxygen atoms in total. The second-order valence-electron chi connectivity index (χ2n) is 4.62. The fourth-order valence-electron chi connectivity index (χ4n) is 1.68. The molecule has 0 spiro atoms. The molecule has 0 aromatic heterocycles. The first-order valence-corrected chi connectivity index (χ1v) is 6.01. The number of likely N-dealkylation sites (N-methyl/N-ethyl adjacent to an activating group) is 1. The van der Waals surface area contributed by atoms with Crippen LogP contribution >= 0.6 is 0 Å². The van der Waals surface area contributed by atoms with Crippen LogP contribution in [0.1, 0.15) is 12.5 Å². The minimum atomic E-state index is -0.972. The zero-order valence-corrected chi connectivity index (χ0v) is 11.3. The Kier molecular flexibility index (Phi) is 5.19. The molecule has 1 unspecified atom stereocenters. The summed E-state index contributed by atoms with van der Waals surface area (Å²) in [4.78, 5) is 34.1. The maximum atomic E-state index is 11.9. The molecule has 20 heavy (non-hydrogen) atoms. The lowest BCUT2D eigenvalue weighted by atomic mass is 10.1. The van der Waals surface area contributed by atoms with Crippen molar-refractivity contribution in [2.45, 2.75) is 13.3 Å². The van der Waals surface area contributed by atoms with E-state index in [1.807, 2.05) is 0 Å². The first-order chi connectivity index (χ1) is 9.31. The average Bonchev–Trinajstić information content (AvgIpc) is 2.38. The normalized spacial score (nSPS) is 11.7. The first kappa shape index (κ1) is 15.6. The van der Waals surface area contributed by atoms with Crippen LogP contribution in [0.25, 0.3) is 0 Å². The van der Waals surface area contributed by atoms with Gasteiger partial charge in [-0.3, -0.25) is 19.7 Å². The molecule has 0 bridgehead atoms. The van der Waals surface area contributed by atoms with Crippen molar-refractivity contribution < 1.29 is 19.6 Å². The molecular weight excluding hydrogens is 264 g/mol. The SMILES string of the molecule is CC(CN(C)C(=O)Cc1cccc([N+](=O)[O-])c1)C(=O)O. The molecule has 1 N–H and O–H groups in total. The zero-order valence-electron chi connectivity index (χ0n) is 11.3. The van der Waals surface area contributed by atoms with Crippen molar-refractivity contribution in [1.29, 1.82) is 0 Å². The van der Waals surface area contributed by atoms with E-state index in [0.717, 1.165) is 0 Å². The number of nitrogens with zero attached hydrogens (tertiary/aromatic N) is 2. The monoisotopic (exact) mass is 280 g/mol. The molecule has 7 heteroatoms. The number of carbonyl (C=O) groups is 2. The fourth-order valence-corrected chi connectivity index (χ4v) is 1.68. The lowest BCUT2D eigenvalue weighted by Crippen LogP contribution is -2.34. The van der Waals surface area contributed by atoms with Crippen LogP contribution in [0.3, 0.4) is 0 Å². The molecule has 0 radical (unpaired) electrons. The van der Waals surface area contributed by atoms with Crippen molar-refractivity contribution in [3.63, 3.8) is 0 Å². The summed E-state index contributed by atoms with van der Waals surface area (Å²) in [5.74, 6) is -1.91. The van der Waals surface area contributed by atoms with Crippen LogP contribution in [0, 0.1) is 16.0 Å². The second-order valence-corrected chi connectivity index (χ2v) is 4.62. The Bertz CT molecular complexity index is 529. The summed E-state index contributed by atoms with van der Waals surface area (Å²) in [6.45, 7) is 1.61. The van der Waals surface area contributed by atoms with Crippen LogP contribution in [-0.4, -0.2) is 40.4 Å². The minimum Gasteiger partial charge on any atom is -0.481 e. The molecule has 108 valence electrons. The Labute approximate surface area is 116 Å². The number of carboxylic acid groups (broad SMARTS) is 1. The smallest absolute Gasteiger partial charge is 0.308 e.